The molecule has 22 heavy (non-hydrogen) atoms. The fourth-order valence-corrected chi connectivity index (χ4v) is 2.43. The lowest BCUT2D eigenvalue weighted by molar-refractivity contribution is -0.122. The van der Waals surface area contributed by atoms with Crippen LogP contribution in [0.4, 0.5) is 0 Å². The average Bonchev–Trinajstić information content (AvgIpc) is 2.80. The first-order valence-corrected chi connectivity index (χ1v) is 7.42. The number of rotatable bonds is 5. The van der Waals surface area contributed by atoms with Crippen LogP contribution in [0.25, 0.3) is 5.69 Å². The molecule has 118 valence electrons. The standard InChI is InChI=1S/C17H24N4O/c1-12-13(10-19-15(16(18)22)17(2,3)4)11-21(20-12)14-8-6-5-7-9-14/h5-9,11,15,19H,10H2,1-4H3,(H2,18,22). The molecule has 1 unspecified atom stereocenters. The van der Waals surface area contributed by atoms with Crippen LogP contribution in [0.1, 0.15) is 32.0 Å². The second-order valence-corrected chi connectivity index (χ2v) is 6.60. The number of benzene rings is 1. The van der Waals surface area contributed by atoms with E-state index in [2.05, 4.69) is 10.4 Å². The maximum Gasteiger partial charge on any atom is 0.235 e. The van der Waals surface area contributed by atoms with Gasteiger partial charge in [0.2, 0.25) is 5.91 Å². The third-order valence-electron chi connectivity index (χ3n) is 3.67. The van der Waals surface area contributed by atoms with E-state index in [1.54, 1.807) is 0 Å². The summed E-state index contributed by atoms with van der Waals surface area (Å²) in [6, 6.07) is 9.56. The van der Waals surface area contributed by atoms with Crippen molar-refractivity contribution < 1.29 is 4.79 Å². The minimum absolute atomic E-state index is 0.227. The van der Waals surface area contributed by atoms with Gasteiger partial charge in [0, 0.05) is 18.3 Å². The molecule has 2 rings (SSSR count). The van der Waals surface area contributed by atoms with Crippen LogP contribution < -0.4 is 11.1 Å². The number of hydrogen-bond donors (Lipinski definition) is 2. The van der Waals surface area contributed by atoms with Gasteiger partial charge in [-0.05, 0) is 24.5 Å². The maximum absolute atomic E-state index is 11.6. The topological polar surface area (TPSA) is 72.9 Å². The van der Waals surface area contributed by atoms with E-state index in [9.17, 15) is 4.79 Å². The normalized spacial score (nSPS) is 13.1. The van der Waals surface area contributed by atoms with E-state index in [0.29, 0.717) is 6.54 Å². The molecular weight excluding hydrogens is 276 g/mol. The van der Waals surface area contributed by atoms with Crippen molar-refractivity contribution in [3.05, 3.63) is 47.8 Å². The monoisotopic (exact) mass is 300 g/mol. The number of carbonyl (C=O) groups is 1. The van der Waals surface area contributed by atoms with E-state index in [-0.39, 0.29) is 17.4 Å². The Morgan fingerprint density at radius 3 is 2.50 bits per heavy atom. The van der Waals surface area contributed by atoms with Crippen LogP contribution in [-0.4, -0.2) is 21.7 Å². The minimum Gasteiger partial charge on any atom is -0.368 e. The van der Waals surface area contributed by atoms with Gasteiger partial charge in [-0.1, -0.05) is 39.0 Å². The molecule has 0 saturated heterocycles. The molecule has 2 aromatic rings. The van der Waals surface area contributed by atoms with Crippen LogP contribution in [0, 0.1) is 12.3 Å². The molecular formula is C17H24N4O. The Hall–Kier alpha value is -2.14. The number of aryl methyl sites for hydroxylation is 1. The number of nitrogens with zero attached hydrogens (tertiary/aromatic N) is 2. The lowest BCUT2D eigenvalue weighted by Crippen LogP contribution is -2.49. The summed E-state index contributed by atoms with van der Waals surface area (Å²) >= 11 is 0. The molecule has 1 heterocycles. The molecule has 1 atom stereocenters. The molecule has 5 heteroatoms. The highest BCUT2D eigenvalue weighted by atomic mass is 16.1. The number of amides is 1. The zero-order valence-electron chi connectivity index (χ0n) is 13.6. The van der Waals surface area contributed by atoms with Gasteiger partial charge < -0.3 is 11.1 Å². The molecule has 5 nitrogen and oxygen atoms in total. The van der Waals surface area contributed by atoms with Crippen LogP contribution in [0.2, 0.25) is 0 Å². The summed E-state index contributed by atoms with van der Waals surface area (Å²) in [4.78, 5) is 11.6. The highest BCUT2D eigenvalue weighted by molar-refractivity contribution is 5.80. The highest BCUT2D eigenvalue weighted by Crippen LogP contribution is 2.20. The van der Waals surface area contributed by atoms with E-state index < -0.39 is 0 Å². The van der Waals surface area contributed by atoms with Crippen LogP contribution in [0.5, 0.6) is 0 Å². The summed E-state index contributed by atoms with van der Waals surface area (Å²) in [5.41, 5.74) is 8.28. The number of nitrogens with one attached hydrogen (secondary N) is 1. The quantitative estimate of drug-likeness (QED) is 0.889. The van der Waals surface area contributed by atoms with Gasteiger partial charge in [-0.2, -0.15) is 5.10 Å². The molecule has 1 amide bonds. The molecule has 1 aromatic heterocycles. The Labute approximate surface area is 131 Å². The molecule has 3 N–H and O–H groups in total. The highest BCUT2D eigenvalue weighted by Gasteiger charge is 2.29. The first-order valence-electron chi connectivity index (χ1n) is 7.42. The smallest absolute Gasteiger partial charge is 0.235 e. The zero-order valence-corrected chi connectivity index (χ0v) is 13.6. The van der Waals surface area contributed by atoms with Crippen LogP contribution in [0.15, 0.2) is 36.5 Å². The van der Waals surface area contributed by atoms with Crippen LogP contribution >= 0.6 is 0 Å². The minimum atomic E-state index is -0.382. The van der Waals surface area contributed by atoms with Gasteiger partial charge >= 0.3 is 0 Å². The Morgan fingerprint density at radius 2 is 1.95 bits per heavy atom. The molecule has 0 spiro atoms. The first kappa shape index (κ1) is 16.2. The van der Waals surface area contributed by atoms with E-state index in [1.165, 1.54) is 0 Å². The van der Waals surface area contributed by atoms with E-state index >= 15 is 0 Å². The number of nitrogens with two attached hydrogens (primary N) is 1. The van der Waals surface area contributed by atoms with Crippen LogP contribution in [-0.2, 0) is 11.3 Å². The van der Waals surface area contributed by atoms with Gasteiger partial charge in [0.05, 0.1) is 17.4 Å². The summed E-state index contributed by atoms with van der Waals surface area (Å²) in [7, 11) is 0. The van der Waals surface area contributed by atoms with Crippen LogP contribution in [0.3, 0.4) is 0 Å². The van der Waals surface area contributed by atoms with Crippen molar-refractivity contribution in [1.29, 1.82) is 0 Å². The Bertz CT molecular complexity index is 640. The lowest BCUT2D eigenvalue weighted by Gasteiger charge is -2.28. The van der Waals surface area contributed by atoms with E-state index in [1.807, 2.05) is 68.9 Å². The maximum atomic E-state index is 11.6. The second-order valence-electron chi connectivity index (χ2n) is 6.60. The lowest BCUT2D eigenvalue weighted by atomic mass is 9.86. The fourth-order valence-electron chi connectivity index (χ4n) is 2.43. The third kappa shape index (κ3) is 3.74. The number of carbonyl (C=O) groups excluding carboxylic acids is 1. The molecule has 0 bridgehead atoms. The van der Waals surface area contributed by atoms with Crippen molar-refractivity contribution in [2.45, 2.75) is 40.3 Å². The third-order valence-corrected chi connectivity index (χ3v) is 3.67. The summed E-state index contributed by atoms with van der Waals surface area (Å²) < 4.78 is 1.85. The van der Waals surface area contributed by atoms with Gasteiger partial charge in [-0.25, -0.2) is 4.68 Å². The average molecular weight is 300 g/mol. The second kappa shape index (κ2) is 6.32. The predicted octanol–water partition coefficient (Wildman–Crippen LogP) is 2.17. The number of primary amides is 1. The summed E-state index contributed by atoms with van der Waals surface area (Å²) in [5, 5.41) is 7.78. The Morgan fingerprint density at radius 1 is 1.32 bits per heavy atom. The van der Waals surface area contributed by atoms with Crippen molar-refractivity contribution in [2.75, 3.05) is 0 Å². The number of para-hydroxylation sites is 1. The molecule has 0 saturated carbocycles. The van der Waals surface area contributed by atoms with Crippen molar-refractivity contribution >= 4 is 5.91 Å². The number of hydrogen-bond acceptors (Lipinski definition) is 3. The fraction of sp³-hybridized carbons (Fsp3) is 0.412. The SMILES string of the molecule is Cc1nn(-c2ccccc2)cc1CNC(C(N)=O)C(C)(C)C. The van der Waals surface area contributed by atoms with Crippen molar-refractivity contribution in [3.8, 4) is 5.69 Å². The summed E-state index contributed by atoms with van der Waals surface area (Å²) in [6.45, 7) is 8.51. The molecule has 0 fully saturated rings. The van der Waals surface area contributed by atoms with E-state index in [0.717, 1.165) is 16.9 Å². The Kier molecular flexibility index (Phi) is 4.66. The molecule has 0 aliphatic rings. The van der Waals surface area contributed by atoms with Crippen molar-refractivity contribution in [3.63, 3.8) is 0 Å². The number of aromatic nitrogens is 2. The van der Waals surface area contributed by atoms with E-state index in [4.69, 9.17) is 5.73 Å². The van der Waals surface area contributed by atoms with Gasteiger partial charge in [-0.15, -0.1) is 0 Å². The van der Waals surface area contributed by atoms with Gasteiger partial charge in [0.25, 0.3) is 0 Å². The predicted molar refractivity (Wildman–Crippen MR) is 87.6 cm³/mol. The summed E-state index contributed by atoms with van der Waals surface area (Å²) in [6.07, 6.45) is 1.98. The largest absolute Gasteiger partial charge is 0.368 e. The Balaban J connectivity index is 2.14. The molecule has 1 aromatic carbocycles. The zero-order chi connectivity index (χ0) is 16.3. The van der Waals surface area contributed by atoms with Gasteiger partial charge in [0.15, 0.2) is 0 Å². The first-order chi connectivity index (χ1) is 10.3. The van der Waals surface area contributed by atoms with Crippen molar-refractivity contribution in [2.24, 2.45) is 11.1 Å². The van der Waals surface area contributed by atoms with Crippen molar-refractivity contribution in [1.82, 2.24) is 15.1 Å². The summed E-state index contributed by atoms with van der Waals surface area (Å²) in [5.74, 6) is -0.333. The van der Waals surface area contributed by atoms with Gasteiger partial charge in [-0.3, -0.25) is 4.79 Å². The molecule has 0 aliphatic carbocycles. The molecule has 0 aliphatic heterocycles. The van der Waals surface area contributed by atoms with Gasteiger partial charge in [0.1, 0.15) is 0 Å². The molecule has 0 radical (unpaired) electrons.